The van der Waals surface area contributed by atoms with Crippen LogP contribution in [0.4, 0.5) is 4.79 Å². The van der Waals surface area contributed by atoms with E-state index in [-0.39, 0.29) is 18.4 Å². The number of fused-ring (bicyclic) bond motifs is 3. The molecule has 8 nitrogen and oxygen atoms in total. The summed E-state index contributed by atoms with van der Waals surface area (Å²) in [5.74, 6) is -1.16. The lowest BCUT2D eigenvalue weighted by molar-refractivity contribution is -0.156. The first-order valence-electron chi connectivity index (χ1n) is 12.0. The fourth-order valence-corrected chi connectivity index (χ4v) is 5.18. The molecule has 1 aliphatic carbocycles. The lowest BCUT2D eigenvalue weighted by atomic mass is 9.76. The largest absolute Gasteiger partial charge is 0.481 e. The van der Waals surface area contributed by atoms with E-state index in [4.69, 9.17) is 9.47 Å². The van der Waals surface area contributed by atoms with Crippen molar-refractivity contribution in [2.24, 2.45) is 5.41 Å². The van der Waals surface area contributed by atoms with E-state index in [1.807, 2.05) is 36.4 Å². The second-order valence-electron chi connectivity index (χ2n) is 9.35. The monoisotopic (exact) mass is 480 g/mol. The Morgan fingerprint density at radius 3 is 2.17 bits per heavy atom. The second-order valence-corrected chi connectivity index (χ2v) is 9.35. The van der Waals surface area contributed by atoms with Crippen molar-refractivity contribution in [2.45, 2.75) is 38.1 Å². The summed E-state index contributed by atoms with van der Waals surface area (Å²) in [5.41, 5.74) is 3.65. The number of hydrogen-bond donors (Lipinski definition) is 2. The van der Waals surface area contributed by atoms with Gasteiger partial charge in [-0.25, -0.2) is 4.79 Å². The smallest absolute Gasteiger partial charge is 0.407 e. The van der Waals surface area contributed by atoms with Crippen molar-refractivity contribution < 1.29 is 29.0 Å². The van der Waals surface area contributed by atoms with Gasteiger partial charge in [-0.15, -0.1) is 0 Å². The number of likely N-dealkylation sites (tertiary alicyclic amines) is 1. The molecule has 0 aromatic heterocycles. The molecule has 8 heteroatoms. The first-order chi connectivity index (χ1) is 16.9. The summed E-state index contributed by atoms with van der Waals surface area (Å²) in [6.45, 7) is 2.80. The lowest BCUT2D eigenvalue weighted by Gasteiger charge is -2.39. The zero-order valence-electron chi connectivity index (χ0n) is 20.2. The molecular weight excluding hydrogens is 448 g/mol. The second kappa shape index (κ2) is 10.5. The average molecular weight is 481 g/mol. The Morgan fingerprint density at radius 1 is 1.06 bits per heavy atom. The standard InChI is InChI=1S/C27H32N2O6/c1-18(24(30)29-14-11-27(12-15-29,25(31)32)13-16-34-2)28-26(33)35-17-23-21-9-5-3-7-19(21)20-8-4-6-10-22(20)23/h3-10,18,23H,11-17H2,1-2H3,(H,28,33)(H,31,32)/t18-/m1/s1. The number of alkyl carbamates (subject to hydrolysis) is 1. The Labute approximate surface area is 205 Å². The highest BCUT2D eigenvalue weighted by Crippen LogP contribution is 2.44. The van der Waals surface area contributed by atoms with Crippen molar-refractivity contribution in [3.05, 3.63) is 59.7 Å². The molecule has 2 aliphatic rings. The lowest BCUT2D eigenvalue weighted by Crippen LogP contribution is -2.52. The Balaban J connectivity index is 1.31. The molecule has 1 heterocycles. The number of hydrogen-bond acceptors (Lipinski definition) is 5. The van der Waals surface area contributed by atoms with E-state index in [1.165, 1.54) is 0 Å². The zero-order chi connectivity index (χ0) is 25.0. The quantitative estimate of drug-likeness (QED) is 0.598. The van der Waals surface area contributed by atoms with Crippen molar-refractivity contribution in [3.63, 3.8) is 0 Å². The third-order valence-electron chi connectivity index (χ3n) is 7.32. The number of methoxy groups -OCH3 is 1. The number of benzene rings is 2. The van der Waals surface area contributed by atoms with E-state index in [1.54, 1.807) is 18.9 Å². The summed E-state index contributed by atoms with van der Waals surface area (Å²) >= 11 is 0. The molecule has 0 unspecified atom stereocenters. The number of amides is 2. The molecule has 0 radical (unpaired) electrons. The minimum absolute atomic E-state index is 0.0579. The first kappa shape index (κ1) is 24.7. The Morgan fingerprint density at radius 2 is 1.63 bits per heavy atom. The summed E-state index contributed by atoms with van der Waals surface area (Å²) in [7, 11) is 1.55. The number of piperidine rings is 1. The van der Waals surface area contributed by atoms with Crippen molar-refractivity contribution in [1.82, 2.24) is 10.2 Å². The van der Waals surface area contributed by atoms with E-state index in [9.17, 15) is 19.5 Å². The van der Waals surface area contributed by atoms with Crippen LogP contribution >= 0.6 is 0 Å². The highest BCUT2D eigenvalue weighted by Gasteiger charge is 2.42. The number of aliphatic carboxylic acids is 1. The van der Waals surface area contributed by atoms with E-state index in [2.05, 4.69) is 17.4 Å². The Hall–Kier alpha value is -3.39. The maximum atomic E-state index is 12.9. The maximum absolute atomic E-state index is 12.9. The van der Waals surface area contributed by atoms with Crippen molar-refractivity contribution >= 4 is 18.0 Å². The summed E-state index contributed by atoms with van der Waals surface area (Å²) in [5, 5.41) is 12.3. The molecule has 2 amide bonds. The predicted octanol–water partition coefficient (Wildman–Crippen LogP) is 3.64. The number of ether oxygens (including phenoxy) is 2. The van der Waals surface area contributed by atoms with Gasteiger partial charge in [-0.05, 0) is 48.4 Å². The summed E-state index contributed by atoms with van der Waals surface area (Å²) in [6.07, 6.45) is 0.475. The Kier molecular flexibility index (Phi) is 7.40. The van der Waals surface area contributed by atoms with Crippen LogP contribution in [0.3, 0.4) is 0 Å². The predicted molar refractivity (Wildman–Crippen MR) is 130 cm³/mol. The molecular formula is C27H32N2O6. The van der Waals surface area contributed by atoms with Gasteiger partial charge >= 0.3 is 12.1 Å². The van der Waals surface area contributed by atoms with E-state index < -0.39 is 23.5 Å². The van der Waals surface area contributed by atoms with Gasteiger partial charge in [0, 0.05) is 32.7 Å². The normalized spacial score (nSPS) is 17.3. The topological polar surface area (TPSA) is 105 Å². The molecule has 2 aromatic rings. The molecule has 0 saturated carbocycles. The van der Waals surface area contributed by atoms with Crippen LogP contribution in [0.25, 0.3) is 11.1 Å². The van der Waals surface area contributed by atoms with E-state index in [0.717, 1.165) is 22.3 Å². The number of nitrogens with one attached hydrogen (secondary N) is 1. The van der Waals surface area contributed by atoms with Crippen LogP contribution in [0.1, 0.15) is 43.2 Å². The minimum Gasteiger partial charge on any atom is -0.481 e. The van der Waals surface area contributed by atoms with E-state index in [0.29, 0.717) is 39.0 Å². The fraction of sp³-hybridized carbons (Fsp3) is 0.444. The highest BCUT2D eigenvalue weighted by atomic mass is 16.5. The third kappa shape index (κ3) is 5.03. The van der Waals surface area contributed by atoms with Crippen molar-refractivity contribution in [3.8, 4) is 11.1 Å². The average Bonchev–Trinajstić information content (AvgIpc) is 3.19. The molecule has 4 rings (SSSR count). The molecule has 2 aromatic carbocycles. The molecule has 1 saturated heterocycles. The first-order valence-corrected chi connectivity index (χ1v) is 12.0. The van der Waals surface area contributed by atoms with Gasteiger partial charge in [-0.2, -0.15) is 0 Å². The van der Waals surface area contributed by atoms with Crippen molar-refractivity contribution in [1.29, 1.82) is 0 Å². The highest BCUT2D eigenvalue weighted by molar-refractivity contribution is 5.86. The van der Waals surface area contributed by atoms with Crippen LogP contribution in [0, 0.1) is 5.41 Å². The minimum atomic E-state index is -0.879. The van der Waals surface area contributed by atoms with E-state index >= 15 is 0 Å². The van der Waals surface area contributed by atoms with Crippen LogP contribution in [-0.4, -0.2) is 67.4 Å². The molecule has 0 bridgehead atoms. The molecule has 186 valence electrons. The van der Waals surface area contributed by atoms with Gasteiger partial charge in [0.25, 0.3) is 0 Å². The molecule has 35 heavy (non-hydrogen) atoms. The third-order valence-corrected chi connectivity index (χ3v) is 7.32. The maximum Gasteiger partial charge on any atom is 0.407 e. The van der Waals surface area contributed by atoms with Gasteiger partial charge in [0.1, 0.15) is 12.6 Å². The molecule has 2 N–H and O–H groups in total. The molecule has 0 spiro atoms. The van der Waals surface area contributed by atoms with Crippen LogP contribution in [0.15, 0.2) is 48.5 Å². The number of nitrogens with zero attached hydrogens (tertiary/aromatic N) is 1. The van der Waals surface area contributed by atoms with Crippen molar-refractivity contribution in [2.75, 3.05) is 33.4 Å². The van der Waals surface area contributed by atoms with Gasteiger partial charge in [0.2, 0.25) is 5.91 Å². The SMILES string of the molecule is COCCC1(C(=O)O)CCN(C(=O)[C@@H](C)NC(=O)OCC2c3ccccc3-c3ccccc32)CC1. The summed E-state index contributed by atoms with van der Waals surface area (Å²) in [6, 6.07) is 15.4. The number of rotatable bonds is 8. The zero-order valence-corrected chi connectivity index (χ0v) is 20.2. The number of carbonyl (C=O) groups is 3. The van der Waals surface area contributed by atoms with Gasteiger partial charge in [0.15, 0.2) is 0 Å². The van der Waals surface area contributed by atoms with Crippen LogP contribution in [-0.2, 0) is 19.1 Å². The molecule has 1 atom stereocenters. The Bertz CT molecular complexity index is 1050. The number of carbonyl (C=O) groups excluding carboxylic acids is 2. The summed E-state index contributed by atoms with van der Waals surface area (Å²) < 4.78 is 10.6. The van der Waals surface area contributed by atoms with Crippen LogP contribution < -0.4 is 5.32 Å². The van der Waals surface area contributed by atoms with Gasteiger partial charge in [0.05, 0.1) is 5.41 Å². The van der Waals surface area contributed by atoms with Gasteiger partial charge in [-0.1, -0.05) is 48.5 Å². The number of carboxylic acid groups (broad SMARTS) is 1. The summed E-state index contributed by atoms with van der Waals surface area (Å²) in [4.78, 5) is 38.9. The van der Waals surface area contributed by atoms with Crippen LogP contribution in [0.2, 0.25) is 0 Å². The molecule has 1 fully saturated rings. The molecule has 1 aliphatic heterocycles. The van der Waals surface area contributed by atoms with Gasteiger partial charge in [-0.3, -0.25) is 9.59 Å². The van der Waals surface area contributed by atoms with Crippen LogP contribution in [0.5, 0.6) is 0 Å². The number of carboxylic acids is 1. The fourth-order valence-electron chi connectivity index (χ4n) is 5.18. The van der Waals surface area contributed by atoms with Gasteiger partial charge < -0.3 is 24.8 Å².